The van der Waals surface area contributed by atoms with Crippen LogP contribution in [0.25, 0.3) is 11.0 Å². The fraction of sp³-hybridized carbons (Fsp3) is 0.0526. The van der Waals surface area contributed by atoms with E-state index in [1.807, 2.05) is 0 Å². The maximum Gasteiger partial charge on any atom is 0.352 e. The quantitative estimate of drug-likeness (QED) is 0.339. The van der Waals surface area contributed by atoms with Gasteiger partial charge in [0.05, 0.1) is 16.5 Å². The third kappa shape index (κ3) is 4.05. The summed E-state index contributed by atoms with van der Waals surface area (Å²) in [5.74, 6) is -0.814. The molecule has 144 valence electrons. The van der Waals surface area contributed by atoms with E-state index in [1.54, 1.807) is 12.1 Å². The molecular formula is C19H14Cl2N2O5. The molecule has 3 N–H and O–H groups in total. The Hall–Kier alpha value is -3.16. The number of nitrogens with two attached hydrogens (primary N) is 1. The first kappa shape index (κ1) is 19.6. The molecule has 3 rings (SSSR count). The molecule has 0 atom stereocenters. The lowest BCUT2D eigenvalue weighted by Crippen LogP contribution is -2.10. The summed E-state index contributed by atoms with van der Waals surface area (Å²) < 4.78 is 5.73. The van der Waals surface area contributed by atoms with Gasteiger partial charge in [-0.3, -0.25) is 14.6 Å². The number of hydrogen-bond acceptors (Lipinski definition) is 7. The van der Waals surface area contributed by atoms with Crippen LogP contribution < -0.4 is 15.9 Å². The number of rotatable bonds is 6. The van der Waals surface area contributed by atoms with Gasteiger partial charge < -0.3 is 15.5 Å². The molecule has 0 aliphatic rings. The number of anilines is 1. The highest BCUT2D eigenvalue weighted by atomic mass is 35.5. The SMILES string of the molecule is C=C(N)Nc1c(C(=O)c2ccc(Cl)cc2Cl)oc2cc(OOC(C)=O)ccc12. The van der Waals surface area contributed by atoms with Crippen LogP contribution in [0, 0.1) is 0 Å². The lowest BCUT2D eigenvalue weighted by Gasteiger charge is -2.07. The highest BCUT2D eigenvalue weighted by molar-refractivity contribution is 6.37. The predicted octanol–water partition coefficient (Wildman–Crippen LogP) is 4.67. The Morgan fingerprint density at radius 1 is 1.18 bits per heavy atom. The van der Waals surface area contributed by atoms with Gasteiger partial charge in [-0.25, -0.2) is 4.79 Å². The van der Waals surface area contributed by atoms with E-state index in [-0.39, 0.29) is 27.9 Å². The van der Waals surface area contributed by atoms with E-state index in [0.717, 1.165) is 0 Å². The third-order valence-electron chi connectivity index (χ3n) is 3.58. The molecule has 0 aliphatic carbocycles. The standard InChI is InChI=1S/C19H14Cl2N2O5/c1-9(22)23-17-14-6-4-12(28-27-10(2)24)8-16(14)26-19(17)18(25)13-5-3-11(20)7-15(13)21/h3-8,23H,1,22H2,2H3. The summed E-state index contributed by atoms with van der Waals surface area (Å²) in [6.07, 6.45) is 0. The Morgan fingerprint density at radius 3 is 2.57 bits per heavy atom. The maximum atomic E-state index is 13.0. The number of fused-ring (bicyclic) bond motifs is 1. The molecule has 9 heteroatoms. The van der Waals surface area contributed by atoms with Crippen LogP contribution in [0.1, 0.15) is 23.0 Å². The second-order valence-electron chi connectivity index (χ2n) is 5.73. The summed E-state index contributed by atoms with van der Waals surface area (Å²) >= 11 is 12.0. The van der Waals surface area contributed by atoms with Crippen molar-refractivity contribution in [2.45, 2.75) is 6.92 Å². The van der Waals surface area contributed by atoms with Crippen LogP contribution in [-0.2, 0) is 9.68 Å². The monoisotopic (exact) mass is 420 g/mol. The Bertz CT molecular complexity index is 1110. The van der Waals surface area contributed by atoms with Gasteiger partial charge in [-0.1, -0.05) is 29.8 Å². The van der Waals surface area contributed by atoms with Gasteiger partial charge in [0.15, 0.2) is 11.5 Å². The number of carbonyl (C=O) groups excluding carboxylic acids is 2. The molecule has 0 amide bonds. The van der Waals surface area contributed by atoms with E-state index in [4.69, 9.17) is 38.2 Å². The molecular weight excluding hydrogens is 407 g/mol. The Labute approximate surface area is 169 Å². The van der Waals surface area contributed by atoms with E-state index in [1.165, 1.54) is 31.2 Å². The minimum Gasteiger partial charge on any atom is -0.450 e. The molecule has 0 spiro atoms. The van der Waals surface area contributed by atoms with E-state index >= 15 is 0 Å². The second-order valence-corrected chi connectivity index (χ2v) is 6.57. The van der Waals surface area contributed by atoms with Crippen molar-refractivity contribution in [3.8, 4) is 5.75 Å². The molecule has 0 fully saturated rings. The van der Waals surface area contributed by atoms with Gasteiger partial charge in [0.2, 0.25) is 5.78 Å². The number of halogens is 2. The van der Waals surface area contributed by atoms with E-state index in [9.17, 15) is 9.59 Å². The van der Waals surface area contributed by atoms with Gasteiger partial charge in [-0.15, -0.1) is 0 Å². The van der Waals surface area contributed by atoms with Crippen molar-refractivity contribution in [1.82, 2.24) is 0 Å². The largest absolute Gasteiger partial charge is 0.450 e. The number of benzene rings is 2. The highest BCUT2D eigenvalue weighted by Gasteiger charge is 2.24. The average Bonchev–Trinajstić information content (AvgIpc) is 2.96. The zero-order valence-corrected chi connectivity index (χ0v) is 16.1. The molecule has 0 unspecified atom stereocenters. The number of nitrogens with one attached hydrogen (secondary N) is 1. The molecule has 28 heavy (non-hydrogen) atoms. The summed E-state index contributed by atoms with van der Waals surface area (Å²) in [5, 5.41) is 3.93. The Morgan fingerprint density at radius 2 is 1.93 bits per heavy atom. The molecule has 1 heterocycles. The Balaban J connectivity index is 2.10. The number of ketones is 1. The van der Waals surface area contributed by atoms with Crippen molar-refractivity contribution in [2.75, 3.05) is 5.32 Å². The summed E-state index contributed by atoms with van der Waals surface area (Å²) in [6, 6.07) is 9.11. The van der Waals surface area contributed by atoms with Crippen LogP contribution in [0.4, 0.5) is 5.69 Å². The first-order chi connectivity index (χ1) is 13.3. The minimum absolute atomic E-state index is 0.0320. The maximum absolute atomic E-state index is 13.0. The Kier molecular flexibility index (Phi) is 5.48. The van der Waals surface area contributed by atoms with Crippen molar-refractivity contribution in [3.63, 3.8) is 0 Å². The van der Waals surface area contributed by atoms with Gasteiger partial charge in [-0.2, -0.15) is 0 Å². The van der Waals surface area contributed by atoms with Gasteiger partial charge in [0, 0.05) is 29.0 Å². The predicted molar refractivity (Wildman–Crippen MR) is 105 cm³/mol. The fourth-order valence-electron chi connectivity index (χ4n) is 2.48. The van der Waals surface area contributed by atoms with Crippen LogP contribution in [-0.4, -0.2) is 11.8 Å². The zero-order chi connectivity index (χ0) is 20.4. The van der Waals surface area contributed by atoms with Crippen LogP contribution in [0.3, 0.4) is 0 Å². The third-order valence-corrected chi connectivity index (χ3v) is 4.13. The van der Waals surface area contributed by atoms with Crippen LogP contribution in [0.5, 0.6) is 5.75 Å². The summed E-state index contributed by atoms with van der Waals surface area (Å²) in [4.78, 5) is 33.3. The number of carbonyl (C=O) groups is 2. The molecule has 0 aliphatic heterocycles. The normalized spacial score (nSPS) is 10.5. The summed E-state index contributed by atoms with van der Waals surface area (Å²) in [7, 11) is 0. The fourth-order valence-corrected chi connectivity index (χ4v) is 2.97. The van der Waals surface area contributed by atoms with Crippen molar-refractivity contribution >= 4 is 51.6 Å². The zero-order valence-electron chi connectivity index (χ0n) is 14.5. The molecule has 0 saturated heterocycles. The summed E-state index contributed by atoms with van der Waals surface area (Å²) in [5.41, 5.74) is 6.47. The second kappa shape index (κ2) is 7.84. The van der Waals surface area contributed by atoms with Gasteiger partial charge in [-0.05, 0) is 30.3 Å². The smallest absolute Gasteiger partial charge is 0.352 e. The molecule has 2 aromatic carbocycles. The highest BCUT2D eigenvalue weighted by Crippen LogP contribution is 2.36. The first-order valence-corrected chi connectivity index (χ1v) is 8.64. The van der Waals surface area contributed by atoms with Crippen LogP contribution in [0.15, 0.2) is 53.2 Å². The van der Waals surface area contributed by atoms with Crippen molar-refractivity contribution < 1.29 is 23.8 Å². The lowest BCUT2D eigenvalue weighted by atomic mass is 10.1. The summed E-state index contributed by atoms with van der Waals surface area (Å²) in [6.45, 7) is 4.79. The van der Waals surface area contributed by atoms with Crippen molar-refractivity contribution in [2.24, 2.45) is 5.73 Å². The van der Waals surface area contributed by atoms with Crippen LogP contribution >= 0.6 is 23.2 Å². The van der Waals surface area contributed by atoms with Gasteiger partial charge in [0.1, 0.15) is 5.58 Å². The number of hydrogen-bond donors (Lipinski definition) is 2. The first-order valence-electron chi connectivity index (χ1n) is 7.89. The topological polar surface area (TPSA) is 104 Å². The lowest BCUT2D eigenvalue weighted by molar-refractivity contribution is -0.210. The minimum atomic E-state index is -0.616. The molecule has 7 nitrogen and oxygen atoms in total. The molecule has 3 aromatic rings. The molecule has 0 bridgehead atoms. The van der Waals surface area contributed by atoms with Crippen LogP contribution in [0.2, 0.25) is 10.0 Å². The molecule has 0 radical (unpaired) electrons. The molecule has 0 saturated carbocycles. The van der Waals surface area contributed by atoms with E-state index < -0.39 is 11.8 Å². The van der Waals surface area contributed by atoms with Gasteiger partial charge in [0.25, 0.3) is 0 Å². The van der Waals surface area contributed by atoms with Gasteiger partial charge >= 0.3 is 5.97 Å². The average molecular weight is 421 g/mol. The van der Waals surface area contributed by atoms with Crippen molar-refractivity contribution in [1.29, 1.82) is 0 Å². The molecule has 1 aromatic heterocycles. The number of furan rings is 1. The van der Waals surface area contributed by atoms with E-state index in [0.29, 0.717) is 21.7 Å². The van der Waals surface area contributed by atoms with Crippen molar-refractivity contribution in [3.05, 3.63) is 70.2 Å². The van der Waals surface area contributed by atoms with E-state index in [2.05, 4.69) is 16.8 Å².